The molecule has 1 saturated carbocycles. The third kappa shape index (κ3) is 3.18. The summed E-state index contributed by atoms with van der Waals surface area (Å²) in [5.41, 5.74) is 0. The summed E-state index contributed by atoms with van der Waals surface area (Å²) >= 11 is 0. The van der Waals surface area contributed by atoms with E-state index in [4.69, 9.17) is 4.74 Å². The van der Waals surface area contributed by atoms with Gasteiger partial charge in [-0.2, -0.15) is 0 Å². The maximum atomic E-state index is 5.65. The zero-order valence-corrected chi connectivity index (χ0v) is 10.0. The van der Waals surface area contributed by atoms with Crippen molar-refractivity contribution >= 4 is 0 Å². The molecule has 2 nitrogen and oxygen atoms in total. The van der Waals surface area contributed by atoms with E-state index in [1.54, 1.807) is 0 Å². The number of hydrogen-bond acceptors (Lipinski definition) is 2. The summed E-state index contributed by atoms with van der Waals surface area (Å²) < 4.78 is 5.65. The lowest BCUT2D eigenvalue weighted by Crippen LogP contribution is -2.41. The second-order valence-electron chi connectivity index (χ2n) is 5.10. The first kappa shape index (κ1) is 11.4. The number of rotatable bonds is 4. The van der Waals surface area contributed by atoms with Crippen LogP contribution in [0.1, 0.15) is 51.9 Å². The highest BCUT2D eigenvalue weighted by atomic mass is 16.5. The molecule has 0 radical (unpaired) electrons. The first-order valence-corrected chi connectivity index (χ1v) is 6.75. The van der Waals surface area contributed by atoms with Gasteiger partial charge in [0.25, 0.3) is 0 Å². The molecule has 2 heteroatoms. The zero-order chi connectivity index (χ0) is 10.5. The van der Waals surface area contributed by atoms with Crippen molar-refractivity contribution in [1.82, 2.24) is 5.32 Å². The quantitative estimate of drug-likeness (QED) is 0.772. The minimum absolute atomic E-state index is 0.504. The van der Waals surface area contributed by atoms with E-state index in [0.29, 0.717) is 6.10 Å². The zero-order valence-electron chi connectivity index (χ0n) is 10.0. The topological polar surface area (TPSA) is 21.3 Å². The summed E-state index contributed by atoms with van der Waals surface area (Å²) in [5, 5.41) is 3.74. The molecule has 1 heterocycles. The summed E-state index contributed by atoms with van der Waals surface area (Å²) in [6.45, 7) is 4.39. The van der Waals surface area contributed by atoms with Crippen molar-refractivity contribution in [1.29, 1.82) is 0 Å². The molecule has 1 N–H and O–H groups in total. The Morgan fingerprint density at radius 2 is 2.00 bits per heavy atom. The second kappa shape index (κ2) is 5.86. The van der Waals surface area contributed by atoms with Crippen LogP contribution in [-0.4, -0.2) is 25.3 Å². The van der Waals surface area contributed by atoms with Crippen molar-refractivity contribution < 1.29 is 4.74 Å². The second-order valence-corrected chi connectivity index (χ2v) is 5.10. The van der Waals surface area contributed by atoms with Crippen LogP contribution in [-0.2, 0) is 4.74 Å². The van der Waals surface area contributed by atoms with Crippen LogP contribution in [0.2, 0.25) is 0 Å². The van der Waals surface area contributed by atoms with Gasteiger partial charge in [0.1, 0.15) is 0 Å². The van der Waals surface area contributed by atoms with Gasteiger partial charge in [0.05, 0.1) is 6.10 Å². The number of hydrogen-bond donors (Lipinski definition) is 1. The van der Waals surface area contributed by atoms with Crippen LogP contribution in [0.4, 0.5) is 0 Å². The Hall–Kier alpha value is -0.0800. The lowest BCUT2D eigenvalue weighted by molar-refractivity contribution is 0.101. The molecule has 2 rings (SSSR count). The van der Waals surface area contributed by atoms with Crippen LogP contribution in [0.5, 0.6) is 0 Å². The van der Waals surface area contributed by atoms with Crippen molar-refractivity contribution in [3.63, 3.8) is 0 Å². The average molecular weight is 211 g/mol. The number of ether oxygens (including phenoxy) is 1. The standard InChI is InChI=1S/C13H25NO/c1-2-11-6-3-4-8-13(11)14-10-12-7-5-9-15-12/h11-14H,2-10H2,1H3/t11-,12+,13-/m1/s1. The SMILES string of the molecule is CC[C@@H]1CCCC[C@H]1NC[C@@H]1CCCO1. The Labute approximate surface area is 93.8 Å². The Morgan fingerprint density at radius 3 is 2.73 bits per heavy atom. The predicted molar refractivity (Wildman–Crippen MR) is 63.0 cm³/mol. The molecule has 1 aliphatic heterocycles. The molecule has 0 aromatic heterocycles. The van der Waals surface area contributed by atoms with E-state index in [1.807, 2.05) is 0 Å². The lowest BCUT2D eigenvalue weighted by Gasteiger charge is -2.32. The molecular weight excluding hydrogens is 186 g/mol. The van der Waals surface area contributed by atoms with Crippen LogP contribution in [0.15, 0.2) is 0 Å². The van der Waals surface area contributed by atoms with Crippen molar-refractivity contribution in [3.8, 4) is 0 Å². The summed E-state index contributed by atoms with van der Waals surface area (Å²) in [4.78, 5) is 0. The van der Waals surface area contributed by atoms with Crippen molar-refractivity contribution in [2.24, 2.45) is 5.92 Å². The molecule has 0 amide bonds. The molecule has 3 atom stereocenters. The molecule has 15 heavy (non-hydrogen) atoms. The van der Waals surface area contributed by atoms with E-state index in [0.717, 1.165) is 25.1 Å². The fourth-order valence-corrected chi connectivity index (χ4v) is 3.05. The van der Waals surface area contributed by atoms with Crippen LogP contribution in [0, 0.1) is 5.92 Å². The third-order valence-corrected chi connectivity index (χ3v) is 4.07. The Morgan fingerprint density at radius 1 is 1.13 bits per heavy atom. The smallest absolute Gasteiger partial charge is 0.0700 e. The van der Waals surface area contributed by atoms with Crippen molar-refractivity contribution in [2.75, 3.05) is 13.2 Å². The molecule has 2 fully saturated rings. The molecule has 88 valence electrons. The molecule has 0 aromatic carbocycles. The van der Waals surface area contributed by atoms with Gasteiger partial charge in [-0.3, -0.25) is 0 Å². The fourth-order valence-electron chi connectivity index (χ4n) is 3.05. The van der Waals surface area contributed by atoms with Crippen LogP contribution in [0.25, 0.3) is 0 Å². The molecular formula is C13H25NO. The van der Waals surface area contributed by atoms with E-state index >= 15 is 0 Å². The van der Waals surface area contributed by atoms with E-state index in [1.165, 1.54) is 44.9 Å². The summed E-state index contributed by atoms with van der Waals surface area (Å²) in [5.74, 6) is 0.917. The highest BCUT2D eigenvalue weighted by Gasteiger charge is 2.24. The molecule has 0 spiro atoms. The average Bonchev–Trinajstić information content (AvgIpc) is 2.79. The Bertz CT molecular complexity index is 177. The monoisotopic (exact) mass is 211 g/mol. The minimum Gasteiger partial charge on any atom is -0.377 e. The summed E-state index contributed by atoms with van der Waals surface area (Å²) in [6.07, 6.45) is 10.0. The summed E-state index contributed by atoms with van der Waals surface area (Å²) in [7, 11) is 0. The Kier molecular flexibility index (Phi) is 4.45. The normalized spacial score (nSPS) is 37.0. The van der Waals surface area contributed by atoms with E-state index in [2.05, 4.69) is 12.2 Å². The van der Waals surface area contributed by atoms with E-state index in [9.17, 15) is 0 Å². The third-order valence-electron chi connectivity index (χ3n) is 4.07. The van der Waals surface area contributed by atoms with E-state index < -0.39 is 0 Å². The molecule has 2 aliphatic rings. The van der Waals surface area contributed by atoms with Crippen LogP contribution < -0.4 is 5.32 Å². The maximum Gasteiger partial charge on any atom is 0.0700 e. The van der Waals surface area contributed by atoms with Gasteiger partial charge in [-0.1, -0.05) is 26.2 Å². The molecule has 0 aromatic rings. The van der Waals surface area contributed by atoms with Gasteiger partial charge in [-0.25, -0.2) is 0 Å². The molecule has 0 bridgehead atoms. The predicted octanol–water partition coefficient (Wildman–Crippen LogP) is 2.72. The van der Waals surface area contributed by atoms with Gasteiger partial charge in [0.15, 0.2) is 0 Å². The number of nitrogens with one attached hydrogen (secondary N) is 1. The first-order valence-electron chi connectivity index (χ1n) is 6.75. The maximum absolute atomic E-state index is 5.65. The van der Waals surface area contributed by atoms with Crippen molar-refractivity contribution in [3.05, 3.63) is 0 Å². The highest BCUT2D eigenvalue weighted by Crippen LogP contribution is 2.27. The minimum atomic E-state index is 0.504. The van der Waals surface area contributed by atoms with Gasteiger partial charge in [-0.15, -0.1) is 0 Å². The van der Waals surface area contributed by atoms with Crippen LogP contribution in [0.3, 0.4) is 0 Å². The summed E-state index contributed by atoms with van der Waals surface area (Å²) in [6, 6.07) is 0.771. The molecule has 1 aliphatic carbocycles. The van der Waals surface area contributed by atoms with Crippen molar-refractivity contribution in [2.45, 2.75) is 64.0 Å². The van der Waals surface area contributed by atoms with Gasteiger partial charge in [0, 0.05) is 19.2 Å². The lowest BCUT2D eigenvalue weighted by atomic mass is 9.83. The van der Waals surface area contributed by atoms with Crippen LogP contribution >= 0.6 is 0 Å². The highest BCUT2D eigenvalue weighted by molar-refractivity contribution is 4.81. The van der Waals surface area contributed by atoms with Gasteiger partial charge in [-0.05, 0) is 31.6 Å². The molecule has 1 saturated heterocycles. The molecule has 0 unspecified atom stereocenters. The largest absolute Gasteiger partial charge is 0.377 e. The Balaban J connectivity index is 1.71. The van der Waals surface area contributed by atoms with Gasteiger partial charge >= 0.3 is 0 Å². The fraction of sp³-hybridized carbons (Fsp3) is 1.00. The first-order chi connectivity index (χ1) is 7.40. The van der Waals surface area contributed by atoms with E-state index in [-0.39, 0.29) is 0 Å². The van der Waals surface area contributed by atoms with Gasteiger partial charge in [0.2, 0.25) is 0 Å². The van der Waals surface area contributed by atoms with Gasteiger partial charge < -0.3 is 10.1 Å².